The Morgan fingerprint density at radius 3 is 2.32 bits per heavy atom. The maximum atomic E-state index is 11.9. The van der Waals surface area contributed by atoms with Gasteiger partial charge in [0, 0.05) is 24.2 Å². The maximum Gasteiger partial charge on any atom is 0.389 e. The standard InChI is InChI=1S/C12H16F3N3O/c13-12(14,15)7-1-2-8-17-11(19)9-3-5-10(18-16)6-4-9/h3-6,18H,1-2,7-8,16H2,(H,17,19). The van der Waals surface area contributed by atoms with E-state index in [9.17, 15) is 18.0 Å². The zero-order valence-electron chi connectivity index (χ0n) is 10.3. The van der Waals surface area contributed by atoms with Gasteiger partial charge in [-0.15, -0.1) is 0 Å². The number of hydrogen-bond donors (Lipinski definition) is 3. The summed E-state index contributed by atoms with van der Waals surface area (Å²) < 4.78 is 35.6. The fourth-order valence-corrected chi connectivity index (χ4v) is 1.47. The van der Waals surface area contributed by atoms with E-state index in [1.807, 2.05) is 0 Å². The highest BCUT2D eigenvalue weighted by Crippen LogP contribution is 2.21. The number of halogens is 3. The average molecular weight is 275 g/mol. The summed E-state index contributed by atoms with van der Waals surface area (Å²) in [7, 11) is 0. The van der Waals surface area contributed by atoms with Gasteiger partial charge in [0.15, 0.2) is 0 Å². The highest BCUT2D eigenvalue weighted by atomic mass is 19.4. The lowest BCUT2D eigenvalue weighted by molar-refractivity contribution is -0.135. The summed E-state index contributed by atoms with van der Waals surface area (Å²) >= 11 is 0. The van der Waals surface area contributed by atoms with Gasteiger partial charge in [-0.2, -0.15) is 13.2 Å². The number of hydrazine groups is 1. The van der Waals surface area contributed by atoms with E-state index in [0.29, 0.717) is 17.7 Å². The van der Waals surface area contributed by atoms with Gasteiger partial charge in [0.2, 0.25) is 0 Å². The molecule has 0 fully saturated rings. The van der Waals surface area contributed by atoms with Crippen molar-refractivity contribution in [1.29, 1.82) is 0 Å². The first-order valence-electron chi connectivity index (χ1n) is 5.84. The molecule has 0 unspecified atom stereocenters. The molecule has 0 saturated heterocycles. The molecule has 4 nitrogen and oxygen atoms in total. The van der Waals surface area contributed by atoms with Crippen LogP contribution in [0.3, 0.4) is 0 Å². The number of carbonyl (C=O) groups is 1. The number of nitrogen functional groups attached to an aromatic ring is 1. The molecule has 0 radical (unpaired) electrons. The van der Waals surface area contributed by atoms with Crippen molar-refractivity contribution in [1.82, 2.24) is 5.32 Å². The Kier molecular flexibility index (Phi) is 5.62. The zero-order chi connectivity index (χ0) is 14.3. The molecular weight excluding hydrogens is 259 g/mol. The summed E-state index contributed by atoms with van der Waals surface area (Å²) in [5.41, 5.74) is 3.54. The molecule has 1 aromatic rings. The van der Waals surface area contributed by atoms with Crippen LogP contribution in [0.15, 0.2) is 24.3 Å². The van der Waals surface area contributed by atoms with E-state index < -0.39 is 12.6 Å². The maximum absolute atomic E-state index is 11.9. The molecule has 0 saturated carbocycles. The van der Waals surface area contributed by atoms with Gasteiger partial charge >= 0.3 is 6.18 Å². The quantitative estimate of drug-likeness (QED) is 0.424. The van der Waals surface area contributed by atoms with Crippen LogP contribution in [0.5, 0.6) is 0 Å². The van der Waals surface area contributed by atoms with E-state index >= 15 is 0 Å². The van der Waals surface area contributed by atoms with Gasteiger partial charge in [0.1, 0.15) is 0 Å². The van der Waals surface area contributed by atoms with Crippen LogP contribution >= 0.6 is 0 Å². The smallest absolute Gasteiger partial charge is 0.352 e. The number of unbranched alkanes of at least 4 members (excludes halogenated alkanes) is 1. The van der Waals surface area contributed by atoms with Gasteiger partial charge in [0.05, 0.1) is 0 Å². The van der Waals surface area contributed by atoms with E-state index in [1.54, 1.807) is 24.3 Å². The van der Waals surface area contributed by atoms with E-state index in [-0.39, 0.29) is 18.9 Å². The monoisotopic (exact) mass is 275 g/mol. The molecule has 0 aliphatic carbocycles. The second kappa shape index (κ2) is 6.98. The fraction of sp³-hybridized carbons (Fsp3) is 0.417. The Balaban J connectivity index is 2.27. The number of alkyl halides is 3. The lowest BCUT2D eigenvalue weighted by atomic mass is 10.2. The molecule has 0 atom stereocenters. The molecule has 106 valence electrons. The van der Waals surface area contributed by atoms with Gasteiger partial charge in [-0.1, -0.05) is 0 Å². The summed E-state index contributed by atoms with van der Waals surface area (Å²) in [6.07, 6.45) is -4.64. The van der Waals surface area contributed by atoms with Crippen molar-refractivity contribution in [3.05, 3.63) is 29.8 Å². The van der Waals surface area contributed by atoms with Crippen LogP contribution in [-0.2, 0) is 0 Å². The summed E-state index contributed by atoms with van der Waals surface area (Å²) in [4.78, 5) is 11.6. The zero-order valence-corrected chi connectivity index (χ0v) is 10.3. The molecule has 0 bridgehead atoms. The lowest BCUT2D eigenvalue weighted by Gasteiger charge is -2.07. The Bertz CT molecular complexity index is 404. The molecule has 0 heterocycles. The van der Waals surface area contributed by atoms with Crippen LogP contribution in [0.4, 0.5) is 18.9 Å². The second-order valence-electron chi connectivity index (χ2n) is 4.05. The van der Waals surface area contributed by atoms with E-state index in [2.05, 4.69) is 10.7 Å². The minimum atomic E-state index is -4.13. The van der Waals surface area contributed by atoms with Crippen molar-refractivity contribution >= 4 is 11.6 Å². The van der Waals surface area contributed by atoms with Crippen LogP contribution in [0, 0.1) is 0 Å². The largest absolute Gasteiger partial charge is 0.389 e. The third kappa shape index (κ3) is 6.10. The third-order valence-corrected chi connectivity index (χ3v) is 2.49. The van der Waals surface area contributed by atoms with Crippen molar-refractivity contribution in [2.45, 2.75) is 25.4 Å². The number of carbonyl (C=O) groups excluding carboxylic acids is 1. The topological polar surface area (TPSA) is 67.1 Å². The summed E-state index contributed by atoms with van der Waals surface area (Å²) in [6, 6.07) is 6.44. The average Bonchev–Trinajstić information content (AvgIpc) is 2.37. The van der Waals surface area contributed by atoms with Gasteiger partial charge in [0.25, 0.3) is 5.91 Å². The van der Waals surface area contributed by atoms with Crippen LogP contribution in [0.1, 0.15) is 29.6 Å². The first-order valence-corrected chi connectivity index (χ1v) is 5.84. The second-order valence-corrected chi connectivity index (χ2v) is 4.05. The number of nitrogens with two attached hydrogens (primary N) is 1. The van der Waals surface area contributed by atoms with Crippen molar-refractivity contribution in [3.63, 3.8) is 0 Å². The van der Waals surface area contributed by atoms with Gasteiger partial charge < -0.3 is 10.7 Å². The van der Waals surface area contributed by atoms with E-state index in [0.717, 1.165) is 0 Å². The van der Waals surface area contributed by atoms with E-state index in [4.69, 9.17) is 5.84 Å². The number of hydrogen-bond acceptors (Lipinski definition) is 3. The normalized spacial score (nSPS) is 11.2. The highest BCUT2D eigenvalue weighted by molar-refractivity contribution is 5.94. The predicted molar refractivity (Wildman–Crippen MR) is 66.5 cm³/mol. The summed E-state index contributed by atoms with van der Waals surface area (Å²) in [6.45, 7) is 0.228. The number of amides is 1. The molecule has 0 spiro atoms. The predicted octanol–water partition coefficient (Wildman–Crippen LogP) is 2.43. The minimum Gasteiger partial charge on any atom is -0.352 e. The van der Waals surface area contributed by atoms with Crippen LogP contribution in [0.2, 0.25) is 0 Å². The Labute approximate surface area is 109 Å². The number of nitrogens with one attached hydrogen (secondary N) is 2. The molecule has 1 aromatic carbocycles. The molecule has 7 heteroatoms. The van der Waals surface area contributed by atoms with Gasteiger partial charge in [-0.3, -0.25) is 10.6 Å². The Hall–Kier alpha value is -1.76. The van der Waals surface area contributed by atoms with Gasteiger partial charge in [-0.25, -0.2) is 0 Å². The van der Waals surface area contributed by atoms with Crippen molar-refractivity contribution in [3.8, 4) is 0 Å². The van der Waals surface area contributed by atoms with Crippen molar-refractivity contribution in [2.24, 2.45) is 5.84 Å². The molecule has 1 rings (SSSR count). The van der Waals surface area contributed by atoms with E-state index in [1.165, 1.54) is 0 Å². The summed E-state index contributed by atoms with van der Waals surface area (Å²) in [5, 5.41) is 2.56. The molecule has 0 aliphatic rings. The molecule has 0 aliphatic heterocycles. The number of benzene rings is 1. The van der Waals surface area contributed by atoms with Crippen molar-refractivity contribution < 1.29 is 18.0 Å². The van der Waals surface area contributed by atoms with Crippen molar-refractivity contribution in [2.75, 3.05) is 12.0 Å². The van der Waals surface area contributed by atoms with Crippen LogP contribution < -0.4 is 16.6 Å². The lowest BCUT2D eigenvalue weighted by Crippen LogP contribution is -2.24. The van der Waals surface area contributed by atoms with Crippen LogP contribution in [-0.4, -0.2) is 18.6 Å². The first kappa shape index (κ1) is 15.3. The van der Waals surface area contributed by atoms with Gasteiger partial charge in [-0.05, 0) is 37.1 Å². The molecular formula is C12H16F3N3O. The minimum absolute atomic E-state index is 0.0137. The SMILES string of the molecule is NNc1ccc(C(=O)NCCCCC(F)(F)F)cc1. The molecule has 19 heavy (non-hydrogen) atoms. The highest BCUT2D eigenvalue weighted by Gasteiger charge is 2.25. The number of rotatable bonds is 6. The fourth-order valence-electron chi connectivity index (χ4n) is 1.47. The molecule has 4 N–H and O–H groups in total. The Morgan fingerprint density at radius 1 is 1.16 bits per heavy atom. The number of anilines is 1. The first-order chi connectivity index (χ1) is 8.92. The summed E-state index contributed by atoms with van der Waals surface area (Å²) in [5.74, 6) is 4.87. The Morgan fingerprint density at radius 2 is 1.79 bits per heavy atom. The molecule has 1 amide bonds. The third-order valence-electron chi connectivity index (χ3n) is 2.49. The molecule has 0 aromatic heterocycles. The van der Waals surface area contributed by atoms with Crippen LogP contribution in [0.25, 0.3) is 0 Å².